The fourth-order valence-electron chi connectivity index (χ4n) is 4.01. The highest BCUT2D eigenvalue weighted by molar-refractivity contribution is 8.00. The molecule has 2 amide bonds. The summed E-state index contributed by atoms with van der Waals surface area (Å²) in [6.07, 6.45) is -5.73. The van der Waals surface area contributed by atoms with Gasteiger partial charge in [0.2, 0.25) is 5.91 Å². The summed E-state index contributed by atoms with van der Waals surface area (Å²) in [5, 5.41) is 3.11. The molecule has 2 N–H and O–H groups in total. The quantitative estimate of drug-likeness (QED) is 0.110. The lowest BCUT2D eigenvalue weighted by Gasteiger charge is -2.19. The van der Waals surface area contributed by atoms with Crippen molar-refractivity contribution < 1.29 is 49.8 Å². The predicted octanol–water partition coefficient (Wildman–Crippen LogP) is 8.00. The largest absolute Gasteiger partial charge is 0.493 e. The molecule has 0 aromatic heterocycles. The van der Waals surface area contributed by atoms with Gasteiger partial charge in [-0.1, -0.05) is 30.3 Å². The van der Waals surface area contributed by atoms with Gasteiger partial charge in [-0.2, -0.15) is 13.2 Å². The SMILES string of the molecule is COc1ccc(C(=O)Nc2ccc(SC(C(=O)Nc3c(F)c(F)c(C(F)(F)F)c(F)c3F)c3ccccc3)cc2)cc1OC. The van der Waals surface area contributed by atoms with Crippen LogP contribution in [0, 0.1) is 23.3 Å². The Bertz CT molecular complexity index is 1660. The predicted molar refractivity (Wildman–Crippen MR) is 149 cm³/mol. The molecule has 0 heterocycles. The Morgan fingerprint density at radius 2 is 1.34 bits per heavy atom. The molecule has 0 bridgehead atoms. The van der Waals surface area contributed by atoms with E-state index < -0.39 is 57.8 Å². The molecule has 0 aliphatic rings. The van der Waals surface area contributed by atoms with E-state index in [9.17, 15) is 40.3 Å². The topological polar surface area (TPSA) is 76.7 Å². The summed E-state index contributed by atoms with van der Waals surface area (Å²) in [6.45, 7) is 0. The number of carbonyl (C=O) groups is 2. The first-order valence-electron chi connectivity index (χ1n) is 12.4. The van der Waals surface area contributed by atoms with Crippen molar-refractivity contribution >= 4 is 35.0 Å². The zero-order chi connectivity index (χ0) is 32.2. The number of hydrogen-bond donors (Lipinski definition) is 2. The number of thioether (sulfide) groups is 1. The lowest BCUT2D eigenvalue weighted by molar-refractivity contribution is -0.143. The fraction of sp³-hybridized carbons (Fsp3) is 0.133. The number of anilines is 2. The van der Waals surface area contributed by atoms with Crippen molar-refractivity contribution in [3.05, 3.63) is 113 Å². The first-order valence-corrected chi connectivity index (χ1v) is 13.3. The van der Waals surface area contributed by atoms with E-state index in [4.69, 9.17) is 9.47 Å². The Labute approximate surface area is 250 Å². The Kier molecular flexibility index (Phi) is 9.72. The molecular formula is C30H21F7N2O4S. The molecule has 230 valence electrons. The van der Waals surface area contributed by atoms with Gasteiger partial charge in [-0.3, -0.25) is 9.59 Å². The highest BCUT2D eigenvalue weighted by Gasteiger charge is 2.42. The van der Waals surface area contributed by atoms with Crippen LogP contribution in [0.15, 0.2) is 77.7 Å². The van der Waals surface area contributed by atoms with E-state index in [2.05, 4.69) is 5.32 Å². The molecule has 0 spiro atoms. The molecule has 4 aromatic rings. The van der Waals surface area contributed by atoms with Crippen molar-refractivity contribution in [1.29, 1.82) is 0 Å². The standard InChI is InChI=1S/C30H21F7N2O4S/c1-42-19-13-8-16(14-20(19)43-2)28(40)38-17-9-11-18(12-10-17)44-27(15-6-4-3-5-7-15)29(41)39-26-24(33)22(31)21(30(35,36)37)23(32)25(26)34/h3-14,27H,1-2H3,(H,38,40)(H,39,41). The Morgan fingerprint density at radius 1 is 0.750 bits per heavy atom. The second-order valence-corrected chi connectivity index (χ2v) is 10.1. The molecule has 4 rings (SSSR count). The Balaban J connectivity index is 1.56. The number of hydrogen-bond acceptors (Lipinski definition) is 5. The maximum atomic E-state index is 14.5. The molecule has 6 nitrogen and oxygen atoms in total. The number of nitrogens with one attached hydrogen (secondary N) is 2. The van der Waals surface area contributed by atoms with E-state index in [0.29, 0.717) is 27.6 Å². The molecule has 0 aliphatic heterocycles. The fourth-order valence-corrected chi connectivity index (χ4v) is 5.04. The number of methoxy groups -OCH3 is 2. The molecule has 14 heteroatoms. The van der Waals surface area contributed by atoms with E-state index in [1.807, 2.05) is 0 Å². The third kappa shape index (κ3) is 6.91. The van der Waals surface area contributed by atoms with Crippen molar-refractivity contribution in [2.75, 3.05) is 24.9 Å². The van der Waals surface area contributed by atoms with E-state index in [1.54, 1.807) is 29.6 Å². The molecule has 0 aliphatic carbocycles. The third-order valence-electron chi connectivity index (χ3n) is 6.15. The van der Waals surface area contributed by atoms with Crippen LogP contribution in [0.3, 0.4) is 0 Å². The van der Waals surface area contributed by atoms with Crippen molar-refractivity contribution in [2.24, 2.45) is 0 Å². The lowest BCUT2D eigenvalue weighted by atomic mass is 10.1. The van der Waals surface area contributed by atoms with Crippen LogP contribution in [0.1, 0.15) is 26.7 Å². The Morgan fingerprint density at radius 3 is 1.89 bits per heavy atom. The molecule has 1 atom stereocenters. The summed E-state index contributed by atoms with van der Waals surface area (Å²) in [6, 6.07) is 18.4. The number of ether oxygens (including phenoxy) is 2. The van der Waals surface area contributed by atoms with Gasteiger partial charge in [0.05, 0.1) is 14.2 Å². The van der Waals surface area contributed by atoms with Gasteiger partial charge in [0.25, 0.3) is 5.91 Å². The maximum absolute atomic E-state index is 14.5. The van der Waals surface area contributed by atoms with E-state index in [1.165, 1.54) is 62.8 Å². The number of benzene rings is 4. The number of alkyl halides is 3. The van der Waals surface area contributed by atoms with Gasteiger partial charge in [0, 0.05) is 16.1 Å². The van der Waals surface area contributed by atoms with Gasteiger partial charge >= 0.3 is 6.18 Å². The van der Waals surface area contributed by atoms with Crippen LogP contribution >= 0.6 is 11.8 Å². The summed E-state index contributed by atoms with van der Waals surface area (Å²) in [5.74, 6) is -11.1. The minimum atomic E-state index is -5.73. The van der Waals surface area contributed by atoms with Crippen molar-refractivity contribution in [3.63, 3.8) is 0 Å². The molecule has 1 unspecified atom stereocenters. The second kappa shape index (κ2) is 13.3. The summed E-state index contributed by atoms with van der Waals surface area (Å²) in [4.78, 5) is 26.3. The van der Waals surface area contributed by atoms with Crippen LogP contribution in [0.5, 0.6) is 11.5 Å². The van der Waals surface area contributed by atoms with Gasteiger partial charge in [-0.05, 0) is 48.0 Å². The molecule has 0 saturated carbocycles. The summed E-state index contributed by atoms with van der Waals surface area (Å²) < 4.78 is 106. The lowest BCUT2D eigenvalue weighted by Crippen LogP contribution is -2.23. The van der Waals surface area contributed by atoms with E-state index >= 15 is 0 Å². The molecular weight excluding hydrogens is 617 g/mol. The average Bonchev–Trinajstić information content (AvgIpc) is 3.01. The van der Waals surface area contributed by atoms with Crippen LogP contribution in [-0.2, 0) is 11.0 Å². The van der Waals surface area contributed by atoms with Crippen LogP contribution in [0.4, 0.5) is 42.1 Å². The zero-order valence-electron chi connectivity index (χ0n) is 22.7. The van der Waals surface area contributed by atoms with Gasteiger partial charge < -0.3 is 20.1 Å². The zero-order valence-corrected chi connectivity index (χ0v) is 23.5. The van der Waals surface area contributed by atoms with Crippen LogP contribution in [-0.4, -0.2) is 26.0 Å². The van der Waals surface area contributed by atoms with Crippen molar-refractivity contribution in [3.8, 4) is 11.5 Å². The number of carbonyl (C=O) groups excluding carboxylic acids is 2. The number of halogens is 7. The minimum absolute atomic E-state index is 0.275. The third-order valence-corrected chi connectivity index (χ3v) is 7.41. The molecule has 0 saturated heterocycles. The first kappa shape index (κ1) is 32.2. The summed E-state index contributed by atoms with van der Waals surface area (Å²) in [5.41, 5.74) is -3.51. The Hall–Kier alpha value is -4.72. The average molecular weight is 639 g/mol. The van der Waals surface area contributed by atoms with Crippen LogP contribution < -0.4 is 20.1 Å². The molecule has 44 heavy (non-hydrogen) atoms. The summed E-state index contributed by atoms with van der Waals surface area (Å²) in [7, 11) is 2.88. The maximum Gasteiger partial charge on any atom is 0.422 e. The van der Waals surface area contributed by atoms with Crippen LogP contribution in [0.2, 0.25) is 0 Å². The van der Waals surface area contributed by atoms with Gasteiger partial charge in [-0.25, -0.2) is 17.6 Å². The summed E-state index contributed by atoms with van der Waals surface area (Å²) >= 11 is 0.862. The molecule has 0 fully saturated rings. The monoisotopic (exact) mass is 638 g/mol. The van der Waals surface area contributed by atoms with Crippen molar-refractivity contribution in [2.45, 2.75) is 16.3 Å². The molecule has 4 aromatic carbocycles. The smallest absolute Gasteiger partial charge is 0.422 e. The number of amides is 2. The highest BCUT2D eigenvalue weighted by atomic mass is 32.2. The second-order valence-electron chi connectivity index (χ2n) is 8.95. The van der Waals surface area contributed by atoms with Gasteiger partial charge in [-0.15, -0.1) is 11.8 Å². The first-order chi connectivity index (χ1) is 20.8. The van der Waals surface area contributed by atoms with Gasteiger partial charge in [0.15, 0.2) is 34.8 Å². The normalized spacial score (nSPS) is 11.9. The van der Waals surface area contributed by atoms with Gasteiger partial charge in [0.1, 0.15) is 16.5 Å². The molecule has 0 radical (unpaired) electrons. The highest BCUT2D eigenvalue weighted by Crippen LogP contribution is 2.41. The van der Waals surface area contributed by atoms with E-state index in [-0.39, 0.29) is 5.56 Å². The van der Waals surface area contributed by atoms with E-state index in [0.717, 1.165) is 11.8 Å². The minimum Gasteiger partial charge on any atom is -0.493 e. The van der Waals surface area contributed by atoms with Crippen LogP contribution in [0.25, 0.3) is 0 Å². The van der Waals surface area contributed by atoms with Crippen molar-refractivity contribution in [1.82, 2.24) is 0 Å². The number of rotatable bonds is 9.